The number of nitrogens with one attached hydrogen (secondary N) is 1. The van der Waals surface area contributed by atoms with Crippen LogP contribution >= 0.6 is 11.3 Å². The Labute approximate surface area is 155 Å². The highest BCUT2D eigenvalue weighted by Crippen LogP contribution is 2.28. The lowest BCUT2D eigenvalue weighted by Crippen LogP contribution is -2.53. The molecule has 2 amide bonds. The molecule has 1 aliphatic heterocycles. The van der Waals surface area contributed by atoms with Crippen LogP contribution in [-0.2, 0) is 9.59 Å². The van der Waals surface area contributed by atoms with E-state index in [1.165, 1.54) is 23.5 Å². The van der Waals surface area contributed by atoms with Crippen LogP contribution in [0.15, 0.2) is 29.6 Å². The van der Waals surface area contributed by atoms with E-state index in [1.807, 2.05) is 19.2 Å². The van der Waals surface area contributed by atoms with Crippen molar-refractivity contribution in [2.75, 3.05) is 31.1 Å². The topological polar surface area (TPSA) is 65.5 Å². The lowest BCUT2D eigenvalue weighted by atomic mass is 10.2. The van der Waals surface area contributed by atoms with Crippen LogP contribution in [0.2, 0.25) is 0 Å². The van der Waals surface area contributed by atoms with Crippen LogP contribution in [0.1, 0.15) is 13.8 Å². The fraction of sp³-hybridized carbons (Fsp3) is 0.389. The molecule has 1 aromatic carbocycles. The molecule has 1 fully saturated rings. The zero-order valence-corrected chi connectivity index (χ0v) is 15.6. The van der Waals surface area contributed by atoms with E-state index in [0.717, 1.165) is 16.4 Å². The van der Waals surface area contributed by atoms with Crippen molar-refractivity contribution in [3.05, 3.63) is 35.5 Å². The number of amides is 2. The van der Waals surface area contributed by atoms with Crippen molar-refractivity contribution >= 4 is 28.3 Å². The molecule has 1 aliphatic rings. The Morgan fingerprint density at radius 1 is 1.15 bits per heavy atom. The minimum absolute atomic E-state index is 0.0621. The molecule has 26 heavy (non-hydrogen) atoms. The Hall–Kier alpha value is -2.48. The molecule has 1 N–H and O–H groups in total. The summed E-state index contributed by atoms with van der Waals surface area (Å²) < 4.78 is 13.0. The van der Waals surface area contributed by atoms with Crippen molar-refractivity contribution < 1.29 is 14.0 Å². The zero-order valence-electron chi connectivity index (χ0n) is 14.7. The van der Waals surface area contributed by atoms with Crippen molar-refractivity contribution in [3.63, 3.8) is 0 Å². The van der Waals surface area contributed by atoms with Gasteiger partial charge in [0.15, 0.2) is 5.13 Å². The number of halogens is 1. The fourth-order valence-electron chi connectivity index (χ4n) is 2.73. The summed E-state index contributed by atoms with van der Waals surface area (Å²) in [5.74, 6) is -1.31. The minimum Gasteiger partial charge on any atom is -0.346 e. The summed E-state index contributed by atoms with van der Waals surface area (Å²) in [6.45, 7) is 5.86. The van der Waals surface area contributed by atoms with Gasteiger partial charge >= 0.3 is 11.8 Å². The number of thiazole rings is 1. The van der Waals surface area contributed by atoms with Crippen LogP contribution in [-0.4, -0.2) is 53.9 Å². The lowest BCUT2D eigenvalue weighted by molar-refractivity contribution is -0.146. The van der Waals surface area contributed by atoms with Gasteiger partial charge in [-0.1, -0.05) is 0 Å². The number of carbonyl (C=O) groups excluding carboxylic acids is 2. The lowest BCUT2D eigenvalue weighted by Gasteiger charge is -2.34. The average molecular weight is 376 g/mol. The van der Waals surface area contributed by atoms with Gasteiger partial charge in [-0.3, -0.25) is 9.59 Å². The molecule has 2 aromatic rings. The molecule has 138 valence electrons. The van der Waals surface area contributed by atoms with Gasteiger partial charge in [0.1, 0.15) is 5.82 Å². The van der Waals surface area contributed by atoms with E-state index in [4.69, 9.17) is 0 Å². The summed E-state index contributed by atoms with van der Waals surface area (Å²) in [5.41, 5.74) is 1.67. The third-order valence-electron chi connectivity index (χ3n) is 4.08. The van der Waals surface area contributed by atoms with E-state index >= 15 is 0 Å². The standard InChI is InChI=1S/C18H21FN4O2S/c1-12(2)20-16(24)17(25)22-7-9-23(10-8-22)18-21-15(11-26-18)13-3-5-14(19)6-4-13/h3-6,11-12H,7-10H2,1-2H3,(H,20,24). The molecular formula is C18H21FN4O2S. The molecule has 0 saturated carbocycles. The Morgan fingerprint density at radius 3 is 2.42 bits per heavy atom. The number of anilines is 1. The van der Waals surface area contributed by atoms with Gasteiger partial charge < -0.3 is 15.1 Å². The van der Waals surface area contributed by atoms with Crippen LogP contribution in [0.5, 0.6) is 0 Å². The molecule has 0 aliphatic carbocycles. The number of carbonyl (C=O) groups is 2. The molecule has 1 saturated heterocycles. The number of aromatic nitrogens is 1. The predicted octanol–water partition coefficient (Wildman–Crippen LogP) is 2.12. The number of piperazine rings is 1. The van der Waals surface area contributed by atoms with E-state index in [1.54, 1.807) is 17.0 Å². The van der Waals surface area contributed by atoms with Crippen LogP contribution < -0.4 is 10.2 Å². The third-order valence-corrected chi connectivity index (χ3v) is 4.98. The van der Waals surface area contributed by atoms with E-state index in [-0.39, 0.29) is 11.9 Å². The first-order valence-corrected chi connectivity index (χ1v) is 9.38. The normalized spacial score (nSPS) is 14.6. The molecule has 6 nitrogen and oxygen atoms in total. The number of hydrogen-bond acceptors (Lipinski definition) is 5. The summed E-state index contributed by atoms with van der Waals surface area (Å²) in [6, 6.07) is 6.19. The number of nitrogens with zero attached hydrogens (tertiary/aromatic N) is 3. The van der Waals surface area contributed by atoms with Gasteiger partial charge in [0.25, 0.3) is 0 Å². The van der Waals surface area contributed by atoms with Gasteiger partial charge in [-0.15, -0.1) is 11.3 Å². The highest BCUT2D eigenvalue weighted by atomic mass is 32.1. The van der Waals surface area contributed by atoms with Gasteiger partial charge in [-0.25, -0.2) is 9.37 Å². The molecule has 2 heterocycles. The Balaban J connectivity index is 1.59. The van der Waals surface area contributed by atoms with Crippen molar-refractivity contribution in [1.82, 2.24) is 15.2 Å². The van der Waals surface area contributed by atoms with E-state index in [9.17, 15) is 14.0 Å². The van der Waals surface area contributed by atoms with Crippen LogP contribution in [0.4, 0.5) is 9.52 Å². The van der Waals surface area contributed by atoms with E-state index < -0.39 is 11.8 Å². The summed E-state index contributed by atoms with van der Waals surface area (Å²) in [4.78, 5) is 32.3. The molecule has 0 unspecified atom stereocenters. The van der Waals surface area contributed by atoms with Gasteiger partial charge in [-0.05, 0) is 38.1 Å². The summed E-state index contributed by atoms with van der Waals surface area (Å²) >= 11 is 1.52. The highest BCUT2D eigenvalue weighted by molar-refractivity contribution is 7.14. The van der Waals surface area contributed by atoms with Crippen molar-refractivity contribution in [3.8, 4) is 11.3 Å². The Kier molecular flexibility index (Phi) is 5.51. The predicted molar refractivity (Wildman–Crippen MR) is 99.6 cm³/mol. The highest BCUT2D eigenvalue weighted by Gasteiger charge is 2.27. The van der Waals surface area contributed by atoms with Crippen LogP contribution in [0.25, 0.3) is 11.3 Å². The second-order valence-corrected chi connectivity index (χ2v) is 7.27. The second kappa shape index (κ2) is 7.82. The first kappa shape index (κ1) is 18.3. The molecule has 0 radical (unpaired) electrons. The zero-order chi connectivity index (χ0) is 18.7. The summed E-state index contributed by atoms with van der Waals surface area (Å²) in [7, 11) is 0. The smallest absolute Gasteiger partial charge is 0.312 e. The second-order valence-electron chi connectivity index (χ2n) is 6.43. The molecular weight excluding hydrogens is 355 g/mol. The van der Waals surface area contributed by atoms with Gasteiger partial charge in [-0.2, -0.15) is 0 Å². The summed E-state index contributed by atoms with van der Waals surface area (Å²) in [6.07, 6.45) is 0. The van der Waals surface area contributed by atoms with Gasteiger partial charge in [0.05, 0.1) is 5.69 Å². The maximum absolute atomic E-state index is 13.0. The average Bonchev–Trinajstić information content (AvgIpc) is 3.11. The van der Waals surface area contributed by atoms with Crippen molar-refractivity contribution in [1.29, 1.82) is 0 Å². The van der Waals surface area contributed by atoms with Crippen molar-refractivity contribution in [2.24, 2.45) is 0 Å². The SMILES string of the molecule is CC(C)NC(=O)C(=O)N1CCN(c2nc(-c3ccc(F)cc3)cs2)CC1. The molecule has 1 aromatic heterocycles. The minimum atomic E-state index is -0.554. The maximum atomic E-state index is 13.0. The van der Waals surface area contributed by atoms with Crippen LogP contribution in [0, 0.1) is 5.82 Å². The van der Waals surface area contributed by atoms with Gasteiger partial charge in [0.2, 0.25) is 0 Å². The molecule has 0 atom stereocenters. The summed E-state index contributed by atoms with van der Waals surface area (Å²) in [5, 5.41) is 5.43. The van der Waals surface area contributed by atoms with E-state index in [0.29, 0.717) is 26.2 Å². The molecule has 8 heteroatoms. The Morgan fingerprint density at radius 2 is 1.81 bits per heavy atom. The van der Waals surface area contributed by atoms with Crippen molar-refractivity contribution in [2.45, 2.75) is 19.9 Å². The molecule has 3 rings (SSSR count). The Bertz CT molecular complexity index is 783. The number of benzene rings is 1. The van der Waals surface area contributed by atoms with E-state index in [2.05, 4.69) is 15.2 Å². The maximum Gasteiger partial charge on any atom is 0.312 e. The number of rotatable bonds is 3. The first-order chi connectivity index (χ1) is 12.4. The quantitative estimate of drug-likeness (QED) is 0.834. The van der Waals surface area contributed by atoms with Gasteiger partial charge in [0, 0.05) is 43.2 Å². The largest absolute Gasteiger partial charge is 0.346 e. The first-order valence-electron chi connectivity index (χ1n) is 8.50. The molecule has 0 spiro atoms. The third kappa shape index (κ3) is 4.19. The number of hydrogen-bond donors (Lipinski definition) is 1. The monoisotopic (exact) mass is 376 g/mol. The fourth-order valence-corrected chi connectivity index (χ4v) is 3.62. The van der Waals surface area contributed by atoms with Crippen LogP contribution in [0.3, 0.4) is 0 Å². The molecule has 0 bridgehead atoms.